The topological polar surface area (TPSA) is 41.0 Å². The van der Waals surface area contributed by atoms with Gasteiger partial charge in [-0.25, -0.2) is 0 Å². The summed E-state index contributed by atoms with van der Waals surface area (Å²) in [5, 5.41) is 12.1. The number of nitrogens with zero attached hydrogens (tertiary/aromatic N) is 3. The van der Waals surface area contributed by atoms with E-state index in [9.17, 15) is 0 Å². The van der Waals surface area contributed by atoms with Crippen molar-refractivity contribution in [1.29, 1.82) is 0 Å². The van der Waals surface area contributed by atoms with Crippen LogP contribution in [0.3, 0.4) is 0 Å². The summed E-state index contributed by atoms with van der Waals surface area (Å²) < 4.78 is 0. The third-order valence-electron chi connectivity index (χ3n) is 3.95. The molecule has 0 bridgehead atoms. The highest BCUT2D eigenvalue weighted by atomic mass is 15.3. The predicted octanol–water partition coefficient (Wildman–Crippen LogP) is 2.33. The molecule has 3 rings (SSSR count). The monoisotopic (exact) mass is 268 g/mol. The number of hydrogen-bond acceptors (Lipinski definition) is 4. The Morgan fingerprint density at radius 2 is 1.75 bits per heavy atom. The summed E-state index contributed by atoms with van der Waals surface area (Å²) in [5.74, 6) is 0.985. The van der Waals surface area contributed by atoms with Crippen molar-refractivity contribution in [1.82, 2.24) is 15.5 Å². The van der Waals surface area contributed by atoms with Gasteiger partial charge in [0.2, 0.25) is 0 Å². The average molecular weight is 268 g/mol. The largest absolute Gasteiger partial charge is 0.355 e. The molecule has 0 spiro atoms. The highest BCUT2D eigenvalue weighted by Crippen LogP contribution is 2.20. The SMILES string of the molecule is CNC1CCN(c2ccc(-c3ccccc3)nn2)CC1. The van der Waals surface area contributed by atoms with Crippen molar-refractivity contribution in [3.8, 4) is 11.3 Å². The van der Waals surface area contributed by atoms with Gasteiger partial charge in [0, 0.05) is 24.7 Å². The van der Waals surface area contributed by atoms with E-state index >= 15 is 0 Å². The normalized spacial score (nSPS) is 16.4. The summed E-state index contributed by atoms with van der Waals surface area (Å²) in [7, 11) is 2.04. The fourth-order valence-corrected chi connectivity index (χ4v) is 2.65. The lowest BCUT2D eigenvalue weighted by atomic mass is 10.1. The number of benzene rings is 1. The van der Waals surface area contributed by atoms with Crippen LogP contribution in [0.2, 0.25) is 0 Å². The van der Waals surface area contributed by atoms with Crippen LogP contribution in [0.15, 0.2) is 42.5 Å². The van der Waals surface area contributed by atoms with E-state index in [0.29, 0.717) is 6.04 Å². The Kier molecular flexibility index (Phi) is 3.92. The Balaban J connectivity index is 1.71. The Hall–Kier alpha value is -1.94. The van der Waals surface area contributed by atoms with E-state index in [-0.39, 0.29) is 0 Å². The molecule has 0 radical (unpaired) electrons. The summed E-state index contributed by atoms with van der Waals surface area (Å²) in [6, 6.07) is 14.9. The fourth-order valence-electron chi connectivity index (χ4n) is 2.65. The first-order valence-corrected chi connectivity index (χ1v) is 7.18. The van der Waals surface area contributed by atoms with Crippen molar-refractivity contribution in [2.45, 2.75) is 18.9 Å². The average Bonchev–Trinajstić information content (AvgIpc) is 2.56. The molecule has 1 aromatic carbocycles. The summed E-state index contributed by atoms with van der Waals surface area (Å²) in [4.78, 5) is 2.32. The molecule has 20 heavy (non-hydrogen) atoms. The van der Waals surface area contributed by atoms with Crippen LogP contribution in [0.5, 0.6) is 0 Å². The second kappa shape index (κ2) is 6.01. The summed E-state index contributed by atoms with van der Waals surface area (Å²) in [6.45, 7) is 2.09. The number of piperidine rings is 1. The first kappa shape index (κ1) is 13.1. The molecule has 1 aliphatic rings. The third-order valence-corrected chi connectivity index (χ3v) is 3.95. The standard InChI is InChI=1S/C16H20N4/c1-17-14-9-11-20(12-10-14)16-8-7-15(18-19-16)13-5-3-2-4-6-13/h2-8,14,17H,9-12H2,1H3. The van der Waals surface area contributed by atoms with Gasteiger partial charge in [-0.1, -0.05) is 30.3 Å². The second-order valence-electron chi connectivity index (χ2n) is 5.19. The van der Waals surface area contributed by atoms with E-state index in [1.807, 2.05) is 25.2 Å². The van der Waals surface area contributed by atoms with Gasteiger partial charge in [-0.3, -0.25) is 0 Å². The van der Waals surface area contributed by atoms with Gasteiger partial charge in [0.1, 0.15) is 0 Å². The Morgan fingerprint density at radius 1 is 1.00 bits per heavy atom. The lowest BCUT2D eigenvalue weighted by Gasteiger charge is -2.32. The molecule has 1 aliphatic heterocycles. The number of nitrogens with one attached hydrogen (secondary N) is 1. The summed E-state index contributed by atoms with van der Waals surface area (Å²) in [5.41, 5.74) is 2.04. The minimum atomic E-state index is 0.641. The van der Waals surface area contributed by atoms with Crippen LogP contribution >= 0.6 is 0 Å². The molecule has 2 heterocycles. The van der Waals surface area contributed by atoms with Gasteiger partial charge in [0.15, 0.2) is 5.82 Å². The van der Waals surface area contributed by atoms with Crippen LogP contribution in [0, 0.1) is 0 Å². The smallest absolute Gasteiger partial charge is 0.151 e. The van der Waals surface area contributed by atoms with Crippen molar-refractivity contribution in [2.24, 2.45) is 0 Å². The van der Waals surface area contributed by atoms with Crippen LogP contribution in [0.25, 0.3) is 11.3 Å². The van der Waals surface area contributed by atoms with Gasteiger partial charge in [-0.2, -0.15) is 0 Å². The van der Waals surface area contributed by atoms with Crippen LogP contribution in [0.1, 0.15) is 12.8 Å². The van der Waals surface area contributed by atoms with Crippen LogP contribution in [0.4, 0.5) is 5.82 Å². The minimum Gasteiger partial charge on any atom is -0.355 e. The van der Waals surface area contributed by atoms with E-state index in [1.54, 1.807) is 0 Å². The summed E-state index contributed by atoms with van der Waals surface area (Å²) >= 11 is 0. The third kappa shape index (κ3) is 2.80. The lowest BCUT2D eigenvalue weighted by Crippen LogP contribution is -2.41. The van der Waals surface area contributed by atoms with Gasteiger partial charge in [-0.05, 0) is 32.0 Å². The molecule has 1 N–H and O–H groups in total. The van der Waals surface area contributed by atoms with Crippen LogP contribution < -0.4 is 10.2 Å². The molecule has 0 aliphatic carbocycles. The summed E-state index contributed by atoms with van der Waals surface area (Å²) in [6.07, 6.45) is 2.33. The highest BCUT2D eigenvalue weighted by Gasteiger charge is 2.18. The molecule has 0 atom stereocenters. The molecule has 1 aromatic heterocycles. The van der Waals surface area contributed by atoms with E-state index in [4.69, 9.17) is 0 Å². The first-order chi connectivity index (χ1) is 9.86. The van der Waals surface area contributed by atoms with Gasteiger partial charge in [0.05, 0.1) is 5.69 Å². The minimum absolute atomic E-state index is 0.641. The zero-order valence-corrected chi connectivity index (χ0v) is 11.8. The Labute approximate surface area is 119 Å². The van der Waals surface area contributed by atoms with Crippen molar-refractivity contribution >= 4 is 5.82 Å². The maximum Gasteiger partial charge on any atom is 0.151 e. The number of anilines is 1. The molecular weight excluding hydrogens is 248 g/mol. The van der Waals surface area contributed by atoms with E-state index in [2.05, 4.69) is 44.7 Å². The molecule has 1 saturated heterocycles. The van der Waals surface area contributed by atoms with Crippen molar-refractivity contribution in [3.63, 3.8) is 0 Å². The van der Waals surface area contributed by atoms with Crippen LogP contribution in [-0.2, 0) is 0 Å². The number of aromatic nitrogens is 2. The molecular formula is C16H20N4. The maximum absolute atomic E-state index is 4.39. The Bertz CT molecular complexity index is 530. The zero-order valence-electron chi connectivity index (χ0n) is 11.8. The molecule has 1 fully saturated rings. The second-order valence-corrected chi connectivity index (χ2v) is 5.19. The first-order valence-electron chi connectivity index (χ1n) is 7.18. The fraction of sp³-hybridized carbons (Fsp3) is 0.375. The number of hydrogen-bond donors (Lipinski definition) is 1. The van der Waals surface area contributed by atoms with Crippen molar-refractivity contribution in [3.05, 3.63) is 42.5 Å². The van der Waals surface area contributed by atoms with Crippen molar-refractivity contribution in [2.75, 3.05) is 25.0 Å². The highest BCUT2D eigenvalue weighted by molar-refractivity contribution is 5.59. The van der Waals surface area contributed by atoms with Gasteiger partial charge < -0.3 is 10.2 Å². The van der Waals surface area contributed by atoms with E-state index in [1.165, 1.54) is 12.8 Å². The molecule has 104 valence electrons. The quantitative estimate of drug-likeness (QED) is 0.927. The van der Waals surface area contributed by atoms with Gasteiger partial charge in [-0.15, -0.1) is 10.2 Å². The number of rotatable bonds is 3. The molecule has 4 nitrogen and oxygen atoms in total. The lowest BCUT2D eigenvalue weighted by molar-refractivity contribution is 0.440. The predicted molar refractivity (Wildman–Crippen MR) is 81.8 cm³/mol. The van der Waals surface area contributed by atoms with Crippen LogP contribution in [-0.4, -0.2) is 36.4 Å². The maximum atomic E-state index is 4.39. The Morgan fingerprint density at radius 3 is 2.35 bits per heavy atom. The van der Waals surface area contributed by atoms with Gasteiger partial charge >= 0.3 is 0 Å². The molecule has 2 aromatic rings. The van der Waals surface area contributed by atoms with E-state index in [0.717, 1.165) is 30.2 Å². The molecule has 0 unspecified atom stereocenters. The van der Waals surface area contributed by atoms with E-state index < -0.39 is 0 Å². The van der Waals surface area contributed by atoms with Crippen molar-refractivity contribution < 1.29 is 0 Å². The van der Waals surface area contributed by atoms with Gasteiger partial charge in [0.25, 0.3) is 0 Å². The molecule has 0 amide bonds. The molecule has 0 saturated carbocycles. The zero-order chi connectivity index (χ0) is 13.8. The molecule has 4 heteroatoms.